The molecule has 0 aromatic heterocycles. The van der Waals surface area contributed by atoms with Crippen molar-refractivity contribution in [2.75, 3.05) is 66.3 Å². The molecular weight excluding hydrogens is 582 g/mol. The second-order valence-corrected chi connectivity index (χ2v) is 11.1. The number of nitrogens with one attached hydrogen (secondary N) is 2. The summed E-state index contributed by atoms with van der Waals surface area (Å²) < 4.78 is 27.9. The maximum Gasteiger partial charge on any atom is 0.314 e. The Kier molecular flexibility index (Phi) is 12.4. The molecule has 0 saturated carbocycles. The van der Waals surface area contributed by atoms with E-state index in [-0.39, 0.29) is 43.9 Å². The smallest absolute Gasteiger partial charge is 0.314 e. The lowest BCUT2D eigenvalue weighted by Crippen LogP contribution is -2.46. The van der Waals surface area contributed by atoms with Crippen molar-refractivity contribution in [1.82, 2.24) is 15.5 Å². The van der Waals surface area contributed by atoms with Crippen LogP contribution in [-0.4, -0.2) is 94.9 Å². The number of nitrogens with zero attached hydrogens (tertiary/aromatic N) is 1. The molecule has 45 heavy (non-hydrogen) atoms. The van der Waals surface area contributed by atoms with Crippen LogP contribution in [0.25, 0.3) is 0 Å². The Labute approximate surface area is 263 Å². The fourth-order valence-corrected chi connectivity index (χ4v) is 5.37. The molecule has 0 spiro atoms. The van der Waals surface area contributed by atoms with E-state index in [0.29, 0.717) is 88.0 Å². The van der Waals surface area contributed by atoms with E-state index < -0.39 is 11.4 Å². The van der Waals surface area contributed by atoms with E-state index >= 15 is 0 Å². The van der Waals surface area contributed by atoms with Crippen molar-refractivity contribution in [2.45, 2.75) is 39.0 Å². The zero-order chi connectivity index (χ0) is 32.1. The second-order valence-electron chi connectivity index (χ2n) is 11.1. The highest BCUT2D eigenvalue weighted by Gasteiger charge is 2.40. The van der Waals surface area contributed by atoms with E-state index in [0.717, 1.165) is 5.56 Å². The van der Waals surface area contributed by atoms with E-state index in [2.05, 4.69) is 10.6 Å². The van der Waals surface area contributed by atoms with Gasteiger partial charge in [-0.05, 0) is 62.4 Å². The number of carbonyl (C=O) groups excluding carboxylic acids is 4. The molecule has 12 nitrogen and oxygen atoms in total. The number of carbonyl (C=O) groups is 4. The first kappa shape index (κ1) is 33.6. The third-order valence-corrected chi connectivity index (χ3v) is 7.80. The summed E-state index contributed by atoms with van der Waals surface area (Å²) in [5.74, 6) is 0.222. The highest BCUT2D eigenvalue weighted by Crippen LogP contribution is 2.34. The lowest BCUT2D eigenvalue weighted by atomic mass is 9.78. The molecule has 0 radical (unpaired) electrons. The molecule has 5 rings (SSSR count). The number of benzene rings is 2. The van der Waals surface area contributed by atoms with Gasteiger partial charge in [-0.15, -0.1) is 0 Å². The van der Waals surface area contributed by atoms with Crippen LogP contribution in [0.5, 0.6) is 17.2 Å². The Bertz CT molecular complexity index is 1320. The van der Waals surface area contributed by atoms with Crippen molar-refractivity contribution in [2.24, 2.45) is 5.41 Å². The summed E-state index contributed by atoms with van der Waals surface area (Å²) >= 11 is 0. The molecule has 3 amide bonds. The number of fused-ring (bicyclic) bond motifs is 18. The SMILES string of the molecule is CCOC(=O)C1(CCOC)CNC(=O)CCCN(C(=O)c2cccc3c2OCCO3)CCCNC(=O)COc2ccc(cc2)C1. The van der Waals surface area contributed by atoms with Gasteiger partial charge in [-0.25, -0.2) is 0 Å². The molecule has 0 aliphatic carbocycles. The monoisotopic (exact) mass is 625 g/mol. The highest BCUT2D eigenvalue weighted by atomic mass is 16.6. The Morgan fingerprint density at radius 1 is 0.956 bits per heavy atom. The molecule has 244 valence electrons. The van der Waals surface area contributed by atoms with Gasteiger partial charge in [-0.1, -0.05) is 18.2 Å². The summed E-state index contributed by atoms with van der Waals surface area (Å²) in [6, 6.07) is 12.3. The van der Waals surface area contributed by atoms with Crippen molar-refractivity contribution in [3.63, 3.8) is 0 Å². The molecule has 2 N–H and O–H groups in total. The Morgan fingerprint density at radius 3 is 2.51 bits per heavy atom. The van der Waals surface area contributed by atoms with E-state index in [1.807, 2.05) is 12.1 Å². The van der Waals surface area contributed by atoms with Gasteiger partial charge < -0.3 is 39.2 Å². The quantitative estimate of drug-likeness (QED) is 0.463. The standard InChI is InChI=1S/C33H43N3O9/c1-3-42-32(40)33(14-18-41-2)21-24-10-12-25(13-11-24)45-22-29(38)34-15-6-17-36(16-5-9-28(37)35-23-33)31(39)26-7-4-8-27-30(26)44-20-19-43-27/h4,7-8,10-13H,3,5-6,9,14-23H2,1-2H3,(H,34,38)(H,35,37). The Hall–Kier alpha value is -4.32. The van der Waals surface area contributed by atoms with Crippen LogP contribution >= 0.6 is 0 Å². The van der Waals surface area contributed by atoms with Crippen molar-refractivity contribution < 1.29 is 42.9 Å². The van der Waals surface area contributed by atoms with Gasteiger partial charge >= 0.3 is 5.97 Å². The van der Waals surface area contributed by atoms with Crippen molar-refractivity contribution in [1.29, 1.82) is 0 Å². The Morgan fingerprint density at radius 2 is 1.73 bits per heavy atom. The van der Waals surface area contributed by atoms with Gasteiger partial charge in [0.15, 0.2) is 18.1 Å². The van der Waals surface area contributed by atoms with Crippen molar-refractivity contribution >= 4 is 23.7 Å². The first-order chi connectivity index (χ1) is 21.8. The summed E-state index contributed by atoms with van der Waals surface area (Å²) in [5, 5.41) is 5.78. The maximum atomic E-state index is 13.7. The fraction of sp³-hybridized carbons (Fsp3) is 0.515. The van der Waals surface area contributed by atoms with Crippen LogP contribution in [0.1, 0.15) is 48.5 Å². The van der Waals surface area contributed by atoms with E-state index in [1.165, 1.54) is 0 Å². The molecule has 1 unspecified atom stereocenters. The van der Waals surface area contributed by atoms with Crippen molar-refractivity contribution in [3.8, 4) is 17.2 Å². The number of hydrogen-bond donors (Lipinski definition) is 2. The minimum atomic E-state index is -1.07. The normalized spacial score (nSPS) is 19.9. The largest absolute Gasteiger partial charge is 0.486 e. The lowest BCUT2D eigenvalue weighted by molar-refractivity contribution is -0.156. The van der Waals surface area contributed by atoms with Crippen LogP contribution < -0.4 is 24.8 Å². The lowest BCUT2D eigenvalue weighted by Gasteiger charge is -2.32. The number of amides is 3. The summed E-state index contributed by atoms with van der Waals surface area (Å²) in [4.78, 5) is 54.3. The van der Waals surface area contributed by atoms with E-state index in [1.54, 1.807) is 49.3 Å². The van der Waals surface area contributed by atoms with Gasteiger partial charge in [0, 0.05) is 46.3 Å². The number of hydrogen-bond acceptors (Lipinski definition) is 9. The van der Waals surface area contributed by atoms with Gasteiger partial charge in [0.25, 0.3) is 11.8 Å². The molecule has 1 atom stereocenters. The van der Waals surface area contributed by atoms with Crippen LogP contribution in [0, 0.1) is 5.41 Å². The summed E-state index contributed by atoms with van der Waals surface area (Å²) in [6.45, 7) is 3.85. The van der Waals surface area contributed by atoms with Crippen LogP contribution in [0.3, 0.4) is 0 Å². The van der Waals surface area contributed by atoms with E-state index in [9.17, 15) is 19.2 Å². The molecule has 2 aromatic rings. The highest BCUT2D eigenvalue weighted by molar-refractivity contribution is 5.98. The predicted octanol–water partition coefficient (Wildman–Crippen LogP) is 2.52. The third kappa shape index (κ3) is 9.34. The predicted molar refractivity (Wildman–Crippen MR) is 164 cm³/mol. The number of rotatable bonds is 6. The fourth-order valence-electron chi connectivity index (χ4n) is 5.37. The van der Waals surface area contributed by atoms with Crippen LogP contribution in [0.15, 0.2) is 42.5 Å². The van der Waals surface area contributed by atoms with Gasteiger partial charge in [0.2, 0.25) is 5.91 Å². The first-order valence-electron chi connectivity index (χ1n) is 15.4. The minimum Gasteiger partial charge on any atom is -0.486 e. The molecule has 0 fully saturated rings. The molecule has 2 bridgehead atoms. The topological polar surface area (TPSA) is 142 Å². The van der Waals surface area contributed by atoms with E-state index in [4.69, 9.17) is 23.7 Å². The molecule has 3 aliphatic rings. The first-order valence-corrected chi connectivity index (χ1v) is 15.4. The number of para-hydroxylation sites is 1. The molecule has 12 heteroatoms. The average molecular weight is 626 g/mol. The minimum absolute atomic E-state index is 0.0581. The van der Waals surface area contributed by atoms with Crippen LogP contribution in [-0.2, 0) is 30.3 Å². The maximum absolute atomic E-state index is 13.7. The molecule has 0 saturated heterocycles. The molecule has 3 heterocycles. The molecule has 2 aromatic carbocycles. The summed E-state index contributed by atoms with van der Waals surface area (Å²) in [7, 11) is 1.56. The van der Waals surface area contributed by atoms with Crippen LogP contribution in [0.4, 0.5) is 0 Å². The summed E-state index contributed by atoms with van der Waals surface area (Å²) in [5.41, 5.74) is 0.152. The zero-order valence-electron chi connectivity index (χ0n) is 26.1. The van der Waals surface area contributed by atoms with Gasteiger partial charge in [0.05, 0.1) is 17.6 Å². The van der Waals surface area contributed by atoms with Gasteiger partial charge in [0.1, 0.15) is 19.0 Å². The van der Waals surface area contributed by atoms with Crippen LogP contribution in [0.2, 0.25) is 0 Å². The number of ether oxygens (including phenoxy) is 5. The van der Waals surface area contributed by atoms with Crippen molar-refractivity contribution in [3.05, 3.63) is 53.6 Å². The summed E-state index contributed by atoms with van der Waals surface area (Å²) in [6.07, 6.45) is 1.65. The zero-order valence-corrected chi connectivity index (χ0v) is 26.1. The second kappa shape index (κ2) is 16.7. The number of methoxy groups -OCH3 is 1. The third-order valence-electron chi connectivity index (χ3n) is 7.80. The Balaban J connectivity index is 1.54. The molecule has 3 aliphatic heterocycles. The average Bonchev–Trinajstić information content (AvgIpc) is 3.05. The van der Waals surface area contributed by atoms with Gasteiger partial charge in [-0.2, -0.15) is 0 Å². The van der Waals surface area contributed by atoms with Gasteiger partial charge in [-0.3, -0.25) is 19.2 Å². The number of esters is 1. The molecular formula is C33H43N3O9.